The molecule has 0 aromatic rings. The van der Waals surface area contributed by atoms with Gasteiger partial charge in [0.25, 0.3) is 0 Å². The van der Waals surface area contributed by atoms with Gasteiger partial charge in [-0.2, -0.15) is 0 Å². The minimum atomic E-state index is -2.24. The summed E-state index contributed by atoms with van der Waals surface area (Å²) < 4.78 is 12.0. The maximum Gasteiger partial charge on any atom is 0.203 e. The second-order valence-corrected chi connectivity index (χ2v) is 12.3. The Hall–Kier alpha value is -0.633. The Morgan fingerprint density at radius 3 is 2.05 bits per heavy atom. The zero-order valence-electron chi connectivity index (χ0n) is 14.3. The van der Waals surface area contributed by atoms with E-state index in [0.717, 1.165) is 0 Å². The van der Waals surface area contributed by atoms with Crippen LogP contribution in [0.25, 0.3) is 10.4 Å². The molecule has 8 heteroatoms. The van der Waals surface area contributed by atoms with Gasteiger partial charge in [-0.25, -0.2) is 0 Å². The highest BCUT2D eigenvalue weighted by molar-refractivity contribution is 6.77. The third-order valence-electron chi connectivity index (χ3n) is 4.67. The van der Waals surface area contributed by atoms with Gasteiger partial charge < -0.3 is 19.4 Å². The highest BCUT2D eigenvalue weighted by Gasteiger charge is 2.50. The highest BCUT2D eigenvalue weighted by Crippen LogP contribution is 2.44. The molecule has 4 unspecified atom stereocenters. The number of nitrogens with zero attached hydrogens (tertiary/aromatic N) is 3. The summed E-state index contributed by atoms with van der Waals surface area (Å²) in [6.07, 6.45) is -3.05. The van der Waals surface area contributed by atoms with Gasteiger partial charge in [0, 0.05) is 4.91 Å². The lowest BCUT2D eigenvalue weighted by molar-refractivity contribution is -0.199. The van der Waals surface area contributed by atoms with Crippen LogP contribution in [0.3, 0.4) is 0 Å². The molecule has 1 rings (SSSR count). The molecule has 1 aliphatic rings. The summed E-state index contributed by atoms with van der Waals surface area (Å²) in [6, 6.07) is -0.933. The Labute approximate surface area is 133 Å². The fourth-order valence-electron chi connectivity index (χ4n) is 3.67. The molecule has 0 saturated carbocycles. The van der Waals surface area contributed by atoms with Gasteiger partial charge in [0.15, 0.2) is 6.29 Å². The maximum absolute atomic E-state index is 10.1. The van der Waals surface area contributed by atoms with Crippen molar-refractivity contribution < 1.29 is 19.4 Å². The van der Waals surface area contributed by atoms with Crippen LogP contribution in [0.4, 0.5) is 0 Å². The first kappa shape index (κ1) is 19.4. The van der Waals surface area contributed by atoms with E-state index in [9.17, 15) is 10.2 Å². The van der Waals surface area contributed by atoms with E-state index in [1.54, 1.807) is 0 Å². The van der Waals surface area contributed by atoms with Gasteiger partial charge in [0.05, 0.1) is 12.7 Å². The number of azide groups is 1. The van der Waals surface area contributed by atoms with Crippen molar-refractivity contribution >= 4 is 8.32 Å². The fraction of sp³-hybridized carbons (Fsp3) is 1.00. The van der Waals surface area contributed by atoms with Gasteiger partial charge in [0.1, 0.15) is 12.1 Å². The second-order valence-electron chi connectivity index (χ2n) is 6.89. The summed E-state index contributed by atoms with van der Waals surface area (Å²) in [5.74, 6) is 0. The Kier molecular flexibility index (Phi) is 6.85. The van der Waals surface area contributed by atoms with Crippen molar-refractivity contribution in [1.29, 1.82) is 0 Å². The minimum absolute atomic E-state index is 0.0257. The van der Waals surface area contributed by atoms with E-state index in [2.05, 4.69) is 51.6 Å². The first-order valence-corrected chi connectivity index (χ1v) is 10.0. The van der Waals surface area contributed by atoms with E-state index in [-0.39, 0.29) is 6.61 Å². The van der Waals surface area contributed by atoms with Crippen molar-refractivity contribution in [2.24, 2.45) is 5.11 Å². The number of rotatable bonds is 6. The Morgan fingerprint density at radius 1 is 1.14 bits per heavy atom. The van der Waals surface area contributed by atoms with Crippen LogP contribution in [-0.2, 0) is 9.16 Å². The van der Waals surface area contributed by atoms with Gasteiger partial charge in [-0.05, 0) is 22.2 Å². The largest absolute Gasteiger partial charge is 0.391 e. The second kappa shape index (κ2) is 7.76. The van der Waals surface area contributed by atoms with Crippen LogP contribution >= 0.6 is 0 Å². The quantitative estimate of drug-likeness (QED) is 0.337. The average Bonchev–Trinajstić information content (AvgIpc) is 2.42. The summed E-state index contributed by atoms with van der Waals surface area (Å²) in [5.41, 5.74) is 9.75. The summed E-state index contributed by atoms with van der Waals surface area (Å²) in [5, 5.41) is 23.4. The maximum atomic E-state index is 10.1. The van der Waals surface area contributed by atoms with E-state index in [0.29, 0.717) is 16.6 Å². The molecule has 0 aromatic heterocycles. The lowest BCUT2D eigenvalue weighted by Crippen LogP contribution is -2.59. The zero-order valence-corrected chi connectivity index (χ0v) is 15.3. The molecule has 1 heterocycles. The molecule has 0 amide bonds. The molecule has 0 aromatic carbocycles. The lowest BCUT2D eigenvalue weighted by Gasteiger charge is -2.47. The van der Waals surface area contributed by atoms with E-state index in [1.807, 2.05) is 0 Å². The van der Waals surface area contributed by atoms with E-state index < -0.39 is 32.9 Å². The Morgan fingerprint density at radius 2 is 1.64 bits per heavy atom. The van der Waals surface area contributed by atoms with Crippen molar-refractivity contribution in [3.63, 3.8) is 0 Å². The molecule has 7 nitrogen and oxygen atoms in total. The summed E-state index contributed by atoms with van der Waals surface area (Å²) in [7, 11) is -2.24. The van der Waals surface area contributed by atoms with E-state index >= 15 is 0 Å². The topological polar surface area (TPSA) is 108 Å². The SMILES string of the molecule is CC(C)[Si](OC1OCC(O)C(O)C1N=[N+]=[N-])(C(C)C)C(C)C. The van der Waals surface area contributed by atoms with E-state index in [4.69, 9.17) is 14.7 Å². The summed E-state index contributed by atoms with van der Waals surface area (Å²) >= 11 is 0. The number of hydrogen-bond acceptors (Lipinski definition) is 5. The molecular weight excluding hydrogens is 302 g/mol. The Balaban J connectivity index is 3.12. The van der Waals surface area contributed by atoms with Crippen molar-refractivity contribution in [3.05, 3.63) is 10.4 Å². The van der Waals surface area contributed by atoms with Gasteiger partial charge >= 0.3 is 0 Å². The van der Waals surface area contributed by atoms with Crippen molar-refractivity contribution in [1.82, 2.24) is 0 Å². The van der Waals surface area contributed by atoms with Gasteiger partial charge in [0.2, 0.25) is 8.32 Å². The predicted molar refractivity (Wildman–Crippen MR) is 86.8 cm³/mol. The summed E-state index contributed by atoms with van der Waals surface area (Å²) in [4.78, 5) is 2.77. The first-order chi connectivity index (χ1) is 10.2. The van der Waals surface area contributed by atoms with Crippen LogP contribution in [0.5, 0.6) is 0 Å². The van der Waals surface area contributed by atoms with E-state index in [1.165, 1.54) is 0 Å². The lowest BCUT2D eigenvalue weighted by atomic mass is 10.0. The number of ether oxygens (including phenoxy) is 1. The molecule has 22 heavy (non-hydrogen) atoms. The molecule has 0 radical (unpaired) electrons. The van der Waals surface area contributed by atoms with Crippen molar-refractivity contribution in [2.75, 3.05) is 6.61 Å². The third kappa shape index (κ3) is 3.64. The normalized spacial score (nSPS) is 30.0. The molecule has 0 bridgehead atoms. The minimum Gasteiger partial charge on any atom is -0.391 e. The molecule has 0 spiro atoms. The predicted octanol–water partition coefficient (Wildman–Crippen LogP) is 2.94. The third-order valence-corrected chi connectivity index (χ3v) is 10.7. The molecule has 1 aliphatic heterocycles. The van der Waals surface area contributed by atoms with Gasteiger partial charge in [-0.15, -0.1) is 0 Å². The van der Waals surface area contributed by atoms with Crippen LogP contribution in [0.15, 0.2) is 5.11 Å². The molecule has 1 fully saturated rings. The number of aliphatic hydroxyl groups excluding tert-OH is 2. The molecule has 128 valence electrons. The van der Waals surface area contributed by atoms with Crippen LogP contribution in [-0.4, -0.2) is 49.7 Å². The van der Waals surface area contributed by atoms with Crippen molar-refractivity contribution in [3.8, 4) is 0 Å². The van der Waals surface area contributed by atoms with Crippen LogP contribution in [0, 0.1) is 0 Å². The highest BCUT2D eigenvalue weighted by atomic mass is 28.4. The summed E-state index contributed by atoms with van der Waals surface area (Å²) in [6.45, 7) is 12.8. The van der Waals surface area contributed by atoms with Crippen LogP contribution in [0.1, 0.15) is 41.5 Å². The molecule has 1 saturated heterocycles. The van der Waals surface area contributed by atoms with Gasteiger partial charge in [-0.3, -0.25) is 0 Å². The van der Waals surface area contributed by atoms with Gasteiger partial charge in [-0.1, -0.05) is 46.7 Å². The first-order valence-electron chi connectivity index (χ1n) is 7.88. The van der Waals surface area contributed by atoms with Crippen molar-refractivity contribution in [2.45, 2.75) is 82.7 Å². The van der Waals surface area contributed by atoms with Crippen LogP contribution in [0.2, 0.25) is 16.6 Å². The molecule has 4 atom stereocenters. The van der Waals surface area contributed by atoms with Crippen LogP contribution < -0.4 is 0 Å². The molecule has 2 N–H and O–H groups in total. The number of aliphatic hydroxyl groups is 2. The smallest absolute Gasteiger partial charge is 0.203 e. The average molecular weight is 331 g/mol. The molecular formula is C14H29N3O4Si. The zero-order chi connectivity index (χ0) is 17.1. The molecule has 0 aliphatic carbocycles. The monoisotopic (exact) mass is 331 g/mol. The Bertz CT molecular complexity index is 391. The standard InChI is InChI=1S/C14H29N3O4Si/c1-8(2)22(9(3)4,10(5)6)21-14-12(16-17-15)13(19)11(18)7-20-14/h8-14,18-19H,7H2,1-6H3. The fourth-order valence-corrected chi connectivity index (χ4v) is 9.10. The number of hydrogen-bond donors (Lipinski definition) is 2.